The minimum Gasteiger partial charge on any atom is -0.494 e. The predicted octanol–water partition coefficient (Wildman–Crippen LogP) is 5.46. The Balaban J connectivity index is 1.96. The van der Waals surface area contributed by atoms with Gasteiger partial charge in [-0.05, 0) is 41.9 Å². The highest BCUT2D eigenvalue weighted by Gasteiger charge is 2.35. The summed E-state index contributed by atoms with van der Waals surface area (Å²) in [7, 11) is -1.62. The second-order valence-electron chi connectivity index (χ2n) is 11.1. The van der Waals surface area contributed by atoms with E-state index in [0.29, 0.717) is 34.8 Å². The summed E-state index contributed by atoms with van der Waals surface area (Å²) in [4.78, 5) is 4.52. The van der Waals surface area contributed by atoms with Gasteiger partial charge in [-0.2, -0.15) is 0 Å². The Morgan fingerprint density at radius 3 is 2.25 bits per heavy atom. The molecule has 2 heterocycles. The molecule has 236 valence electrons. The molecule has 4 aromatic rings. The summed E-state index contributed by atoms with van der Waals surface area (Å²) in [6, 6.07) is 14.5. The molecular formula is C29H35BrFN5O6SSi. The lowest BCUT2D eigenvalue weighted by molar-refractivity contribution is 0.200. The van der Waals surface area contributed by atoms with E-state index in [9.17, 15) is 17.9 Å². The van der Waals surface area contributed by atoms with Crippen LogP contribution in [-0.2, 0) is 10.0 Å². The van der Waals surface area contributed by atoms with Gasteiger partial charge in [-0.25, -0.2) is 22.1 Å². The fraction of sp³-hybridized carbons (Fsp3) is 0.345. The monoisotopic (exact) mass is 707 g/mol. The highest BCUT2D eigenvalue weighted by molar-refractivity contribution is 9.10. The maximum atomic E-state index is 14.3. The molecule has 0 unspecified atom stereocenters. The van der Waals surface area contributed by atoms with Crippen molar-refractivity contribution in [2.75, 3.05) is 37.9 Å². The number of benzene rings is 2. The maximum absolute atomic E-state index is 14.3. The molecule has 0 saturated heterocycles. The van der Waals surface area contributed by atoms with Gasteiger partial charge in [0.2, 0.25) is 21.9 Å². The minimum atomic E-state index is -4.28. The minimum absolute atomic E-state index is 0.0453. The number of aliphatic hydroxyl groups excluding tert-OH is 1. The van der Waals surface area contributed by atoms with Crippen LogP contribution in [0.15, 0.2) is 59.1 Å². The highest BCUT2D eigenvalue weighted by atomic mass is 79.9. The van der Waals surface area contributed by atoms with Crippen LogP contribution in [0.25, 0.3) is 17.2 Å². The quantitative estimate of drug-likeness (QED) is 0.180. The number of sulfonamides is 1. The summed E-state index contributed by atoms with van der Waals surface area (Å²) >= 11 is 3.23. The number of hydrogen-bond acceptors (Lipinski definition) is 9. The Labute approximate surface area is 265 Å². The number of ether oxygens (including phenoxy) is 3. The number of aliphatic hydroxyl groups is 1. The molecule has 11 nitrogen and oxygen atoms in total. The first-order valence-corrected chi connectivity index (χ1v) is 19.7. The Morgan fingerprint density at radius 1 is 1.00 bits per heavy atom. The largest absolute Gasteiger partial charge is 0.494 e. The smallest absolute Gasteiger partial charge is 0.246 e. The topological polar surface area (TPSA) is 129 Å². The molecule has 0 saturated carbocycles. The number of hydrogen-bond donors (Lipinski definition) is 1. The number of para-hydroxylation sites is 1. The van der Waals surface area contributed by atoms with Crippen LogP contribution in [0.2, 0.25) is 25.7 Å². The van der Waals surface area contributed by atoms with Crippen LogP contribution in [-0.4, -0.2) is 75.0 Å². The van der Waals surface area contributed by atoms with E-state index in [1.165, 1.54) is 38.0 Å². The summed E-state index contributed by atoms with van der Waals surface area (Å²) in [5.41, 5.74) is 0.940. The fourth-order valence-electron chi connectivity index (χ4n) is 4.47. The van der Waals surface area contributed by atoms with Crippen molar-refractivity contribution in [3.05, 3.63) is 70.5 Å². The summed E-state index contributed by atoms with van der Waals surface area (Å²) in [5, 5.41) is 19.9. The van der Waals surface area contributed by atoms with Crippen molar-refractivity contribution in [2.24, 2.45) is 0 Å². The molecule has 0 amide bonds. The molecule has 15 heteroatoms. The van der Waals surface area contributed by atoms with Crippen LogP contribution in [0.4, 0.5) is 10.3 Å². The summed E-state index contributed by atoms with van der Waals surface area (Å²) in [6.45, 7) is 6.45. The van der Waals surface area contributed by atoms with Gasteiger partial charge in [0.15, 0.2) is 5.82 Å². The van der Waals surface area contributed by atoms with E-state index in [2.05, 4.69) is 50.8 Å². The van der Waals surface area contributed by atoms with Gasteiger partial charge >= 0.3 is 0 Å². The standard InChI is InChI=1S/C29H35BrFN5O6SSi/c1-40-24-10-8-11-25(41-2)27(24)36-28(22-9-7-12-26(32-22)42-3)33-34-29(36)35(15-16-44(4,5)6)43(38,39)18-23(37)20-14-13-19(31)17-21(20)30/h7-14,17,23,37H,15-16,18H2,1-6H3/t23-/m1/s1. The molecule has 1 atom stereocenters. The number of halogens is 2. The number of rotatable bonds is 13. The van der Waals surface area contributed by atoms with E-state index in [4.69, 9.17) is 14.2 Å². The summed E-state index contributed by atoms with van der Waals surface area (Å²) in [6.07, 6.45) is -1.47. The van der Waals surface area contributed by atoms with Crippen molar-refractivity contribution >= 4 is 40.0 Å². The molecule has 0 radical (unpaired) electrons. The van der Waals surface area contributed by atoms with E-state index in [1.54, 1.807) is 36.4 Å². The third kappa shape index (κ3) is 7.39. The third-order valence-corrected chi connectivity index (χ3v) is 10.9. The Kier molecular flexibility index (Phi) is 10.3. The molecule has 1 N–H and O–H groups in total. The van der Waals surface area contributed by atoms with E-state index in [1.807, 2.05) is 0 Å². The maximum Gasteiger partial charge on any atom is 0.246 e. The fourth-order valence-corrected chi connectivity index (χ4v) is 7.63. The Bertz CT molecular complexity index is 1710. The van der Waals surface area contributed by atoms with E-state index in [-0.39, 0.29) is 28.4 Å². The average molecular weight is 709 g/mol. The first kappa shape index (κ1) is 33.4. The van der Waals surface area contributed by atoms with Gasteiger partial charge in [0.05, 0.1) is 33.2 Å². The van der Waals surface area contributed by atoms with Crippen molar-refractivity contribution < 1.29 is 32.1 Å². The number of anilines is 1. The van der Waals surface area contributed by atoms with Gasteiger partial charge in [-0.3, -0.25) is 4.57 Å². The zero-order chi connectivity index (χ0) is 32.2. The molecule has 2 aromatic carbocycles. The molecule has 4 rings (SSSR count). The van der Waals surface area contributed by atoms with Gasteiger partial charge in [-0.1, -0.05) is 53.8 Å². The lowest BCUT2D eigenvalue weighted by Gasteiger charge is -2.28. The predicted molar refractivity (Wildman–Crippen MR) is 173 cm³/mol. The SMILES string of the molecule is COc1cccc(-c2nnc(N(CC[Si](C)(C)C)S(=O)(=O)C[C@@H](O)c3ccc(F)cc3Br)n2-c2c(OC)cccc2OC)n1. The van der Waals surface area contributed by atoms with Crippen LogP contribution >= 0.6 is 15.9 Å². The van der Waals surface area contributed by atoms with E-state index in [0.717, 1.165) is 10.4 Å². The molecule has 44 heavy (non-hydrogen) atoms. The summed E-state index contributed by atoms with van der Waals surface area (Å²) < 4.78 is 61.9. The van der Waals surface area contributed by atoms with Gasteiger partial charge in [0, 0.05) is 25.2 Å². The van der Waals surface area contributed by atoms with E-state index >= 15 is 0 Å². The lowest BCUT2D eigenvalue weighted by atomic mass is 10.1. The van der Waals surface area contributed by atoms with Crippen molar-refractivity contribution in [1.29, 1.82) is 0 Å². The molecule has 0 fully saturated rings. The van der Waals surface area contributed by atoms with Crippen LogP contribution < -0.4 is 18.5 Å². The second kappa shape index (κ2) is 13.6. The van der Waals surface area contributed by atoms with Crippen molar-refractivity contribution in [1.82, 2.24) is 19.7 Å². The number of aromatic nitrogens is 4. The van der Waals surface area contributed by atoms with Crippen LogP contribution in [0, 0.1) is 5.82 Å². The molecule has 0 aliphatic rings. The van der Waals surface area contributed by atoms with Crippen molar-refractivity contribution in [3.63, 3.8) is 0 Å². The van der Waals surface area contributed by atoms with Gasteiger partial charge < -0.3 is 19.3 Å². The lowest BCUT2D eigenvalue weighted by Crippen LogP contribution is -2.40. The number of nitrogens with zero attached hydrogens (tertiary/aromatic N) is 5. The second-order valence-corrected chi connectivity index (χ2v) is 19.5. The van der Waals surface area contributed by atoms with Gasteiger partial charge in [-0.15, -0.1) is 10.2 Å². The molecule has 0 spiro atoms. The van der Waals surface area contributed by atoms with Crippen molar-refractivity contribution in [3.8, 4) is 34.6 Å². The van der Waals surface area contributed by atoms with Gasteiger partial charge in [0.1, 0.15) is 28.7 Å². The average Bonchev–Trinajstić information content (AvgIpc) is 3.39. The molecular weight excluding hydrogens is 673 g/mol. The molecule has 0 aliphatic heterocycles. The van der Waals surface area contributed by atoms with E-state index < -0.39 is 35.8 Å². The first-order chi connectivity index (χ1) is 20.8. The van der Waals surface area contributed by atoms with Crippen LogP contribution in [0.5, 0.6) is 17.4 Å². The number of methoxy groups -OCH3 is 3. The Hall–Kier alpha value is -3.53. The zero-order valence-electron chi connectivity index (χ0n) is 25.3. The Morgan fingerprint density at radius 2 is 1.66 bits per heavy atom. The number of pyridine rings is 1. The molecule has 0 aliphatic carbocycles. The first-order valence-electron chi connectivity index (χ1n) is 13.6. The zero-order valence-corrected chi connectivity index (χ0v) is 28.7. The molecule has 0 bridgehead atoms. The third-order valence-electron chi connectivity index (χ3n) is 6.75. The van der Waals surface area contributed by atoms with Crippen LogP contribution in [0.1, 0.15) is 11.7 Å². The normalized spacial score (nSPS) is 12.6. The highest BCUT2D eigenvalue weighted by Crippen LogP contribution is 2.39. The van der Waals surface area contributed by atoms with Crippen molar-refractivity contribution in [2.45, 2.75) is 31.8 Å². The van der Waals surface area contributed by atoms with Gasteiger partial charge in [0.25, 0.3) is 0 Å². The van der Waals surface area contributed by atoms with Crippen LogP contribution in [0.3, 0.4) is 0 Å². The summed E-state index contributed by atoms with van der Waals surface area (Å²) in [5.74, 6) is -0.00900. The molecule has 2 aromatic heterocycles.